The van der Waals surface area contributed by atoms with Gasteiger partial charge >= 0.3 is 5.97 Å². The van der Waals surface area contributed by atoms with Crippen LogP contribution in [0.1, 0.15) is 25.7 Å². The third-order valence-electron chi connectivity index (χ3n) is 3.66. The van der Waals surface area contributed by atoms with Gasteiger partial charge in [-0.15, -0.1) is 0 Å². The molecule has 2 aliphatic rings. The van der Waals surface area contributed by atoms with Crippen LogP contribution in [-0.2, 0) is 4.79 Å². The van der Waals surface area contributed by atoms with Crippen molar-refractivity contribution >= 4 is 17.6 Å². The first-order valence-corrected chi connectivity index (χ1v) is 6.76. The van der Waals surface area contributed by atoms with E-state index in [2.05, 4.69) is 20.2 Å². The number of nitrogens with one attached hydrogen (secondary N) is 1. The minimum absolute atomic E-state index is 0.229. The summed E-state index contributed by atoms with van der Waals surface area (Å²) in [6.45, 7) is 1.64. The summed E-state index contributed by atoms with van der Waals surface area (Å²) in [6, 6.07) is 2.53. The summed E-state index contributed by atoms with van der Waals surface area (Å²) in [5.41, 5.74) is 0. The molecule has 0 spiro atoms. The molecule has 0 amide bonds. The van der Waals surface area contributed by atoms with Gasteiger partial charge in [0.1, 0.15) is 18.0 Å². The predicted octanol–water partition coefficient (Wildman–Crippen LogP) is 1.35. The number of nitrogens with zero attached hydrogens (tertiary/aromatic N) is 3. The molecule has 1 aromatic heterocycles. The molecular weight excluding hydrogens is 244 g/mol. The lowest BCUT2D eigenvalue weighted by Gasteiger charge is -2.17. The molecule has 3 rings (SSSR count). The van der Waals surface area contributed by atoms with Gasteiger partial charge in [0.25, 0.3) is 0 Å². The van der Waals surface area contributed by atoms with Crippen LogP contribution < -0.4 is 10.2 Å². The van der Waals surface area contributed by atoms with Gasteiger partial charge in [-0.3, -0.25) is 4.79 Å². The van der Waals surface area contributed by atoms with E-state index < -0.39 is 5.97 Å². The maximum Gasteiger partial charge on any atom is 0.303 e. The minimum atomic E-state index is -0.717. The summed E-state index contributed by atoms with van der Waals surface area (Å²) in [7, 11) is 0. The van der Waals surface area contributed by atoms with Crippen molar-refractivity contribution in [3.8, 4) is 0 Å². The molecule has 1 aromatic rings. The van der Waals surface area contributed by atoms with Crippen molar-refractivity contribution in [3.05, 3.63) is 12.4 Å². The average Bonchev–Trinajstić information content (AvgIpc) is 3.06. The number of rotatable bonds is 5. The number of aromatic nitrogens is 2. The highest BCUT2D eigenvalue weighted by molar-refractivity contribution is 5.67. The van der Waals surface area contributed by atoms with Crippen molar-refractivity contribution in [2.75, 3.05) is 23.3 Å². The van der Waals surface area contributed by atoms with Crippen LogP contribution in [0.25, 0.3) is 0 Å². The highest BCUT2D eigenvalue weighted by Crippen LogP contribution is 2.27. The molecule has 1 aliphatic carbocycles. The average molecular weight is 262 g/mol. The summed E-state index contributed by atoms with van der Waals surface area (Å²) < 4.78 is 0. The molecule has 2 N–H and O–H groups in total. The van der Waals surface area contributed by atoms with Crippen molar-refractivity contribution in [2.45, 2.75) is 31.7 Å². The Kier molecular flexibility index (Phi) is 3.23. The number of hydrogen-bond donors (Lipinski definition) is 2. The highest BCUT2D eigenvalue weighted by atomic mass is 16.4. The minimum Gasteiger partial charge on any atom is -0.481 e. The number of carboxylic acid groups (broad SMARTS) is 1. The standard InChI is InChI=1S/C13H18N4O2/c18-13(19)5-9-3-4-17(7-9)12-6-11(14-8-15-12)16-10-1-2-10/h6,8-10H,1-5,7H2,(H,18,19)(H,14,15,16). The second kappa shape index (κ2) is 5.03. The number of hydrogen-bond acceptors (Lipinski definition) is 5. The van der Waals surface area contributed by atoms with Crippen LogP contribution in [0.3, 0.4) is 0 Å². The van der Waals surface area contributed by atoms with Crippen LogP contribution in [0.15, 0.2) is 12.4 Å². The molecular formula is C13H18N4O2. The van der Waals surface area contributed by atoms with Crippen molar-refractivity contribution in [3.63, 3.8) is 0 Å². The van der Waals surface area contributed by atoms with Crippen LogP contribution in [0.4, 0.5) is 11.6 Å². The predicted molar refractivity (Wildman–Crippen MR) is 71.2 cm³/mol. The third kappa shape index (κ3) is 3.13. The van der Waals surface area contributed by atoms with E-state index in [0.717, 1.165) is 31.1 Å². The van der Waals surface area contributed by atoms with Crippen LogP contribution in [0, 0.1) is 5.92 Å². The lowest BCUT2D eigenvalue weighted by Crippen LogP contribution is -2.22. The Labute approximate surface area is 111 Å². The van der Waals surface area contributed by atoms with Crippen molar-refractivity contribution in [1.29, 1.82) is 0 Å². The quantitative estimate of drug-likeness (QED) is 0.834. The molecule has 0 aromatic carbocycles. The van der Waals surface area contributed by atoms with Crippen LogP contribution in [0.2, 0.25) is 0 Å². The highest BCUT2D eigenvalue weighted by Gasteiger charge is 2.26. The molecule has 0 bridgehead atoms. The van der Waals surface area contributed by atoms with E-state index >= 15 is 0 Å². The summed E-state index contributed by atoms with van der Waals surface area (Å²) in [5.74, 6) is 1.28. The number of carboxylic acids is 1. The summed E-state index contributed by atoms with van der Waals surface area (Å²) in [6.07, 6.45) is 5.16. The number of anilines is 2. The van der Waals surface area contributed by atoms with E-state index in [0.29, 0.717) is 6.04 Å². The fourth-order valence-electron chi connectivity index (χ4n) is 2.49. The molecule has 1 atom stereocenters. The van der Waals surface area contributed by atoms with Gasteiger partial charge in [0, 0.05) is 31.6 Å². The first-order chi connectivity index (χ1) is 9.20. The molecule has 1 saturated carbocycles. The second-order valence-corrected chi connectivity index (χ2v) is 5.38. The van der Waals surface area contributed by atoms with Crippen LogP contribution in [-0.4, -0.2) is 40.2 Å². The van der Waals surface area contributed by atoms with Crippen LogP contribution in [0.5, 0.6) is 0 Å². The Morgan fingerprint density at radius 1 is 1.42 bits per heavy atom. The first-order valence-electron chi connectivity index (χ1n) is 6.76. The molecule has 6 heteroatoms. The lowest BCUT2D eigenvalue weighted by molar-refractivity contribution is -0.137. The first kappa shape index (κ1) is 12.2. The van der Waals surface area contributed by atoms with E-state index in [1.807, 2.05) is 6.07 Å². The van der Waals surface area contributed by atoms with Crippen molar-refractivity contribution in [2.24, 2.45) is 5.92 Å². The van der Waals surface area contributed by atoms with Gasteiger partial charge in [-0.1, -0.05) is 0 Å². The number of aliphatic carboxylic acids is 1. The van der Waals surface area contributed by atoms with E-state index in [9.17, 15) is 4.79 Å². The molecule has 0 radical (unpaired) electrons. The largest absolute Gasteiger partial charge is 0.481 e. The van der Waals surface area contributed by atoms with E-state index in [1.165, 1.54) is 12.8 Å². The molecule has 1 saturated heterocycles. The Bertz CT molecular complexity index is 475. The zero-order chi connectivity index (χ0) is 13.2. The molecule has 102 valence electrons. The van der Waals surface area contributed by atoms with E-state index in [4.69, 9.17) is 5.11 Å². The Hall–Kier alpha value is -1.85. The summed E-state index contributed by atoms with van der Waals surface area (Å²) in [5, 5.41) is 12.2. The van der Waals surface area contributed by atoms with Gasteiger partial charge in [0.2, 0.25) is 0 Å². The maximum atomic E-state index is 10.7. The van der Waals surface area contributed by atoms with Crippen molar-refractivity contribution < 1.29 is 9.90 Å². The fourth-order valence-corrected chi connectivity index (χ4v) is 2.49. The number of carbonyl (C=O) groups is 1. The second-order valence-electron chi connectivity index (χ2n) is 5.38. The Morgan fingerprint density at radius 2 is 2.26 bits per heavy atom. The molecule has 1 unspecified atom stereocenters. The monoisotopic (exact) mass is 262 g/mol. The maximum absolute atomic E-state index is 10.7. The smallest absolute Gasteiger partial charge is 0.303 e. The molecule has 6 nitrogen and oxygen atoms in total. The van der Waals surface area contributed by atoms with Gasteiger partial charge in [0.05, 0.1) is 0 Å². The van der Waals surface area contributed by atoms with E-state index in [1.54, 1.807) is 6.33 Å². The summed E-state index contributed by atoms with van der Waals surface area (Å²) in [4.78, 5) is 21.4. The third-order valence-corrected chi connectivity index (χ3v) is 3.66. The Balaban J connectivity index is 1.63. The van der Waals surface area contributed by atoms with E-state index in [-0.39, 0.29) is 12.3 Å². The zero-order valence-electron chi connectivity index (χ0n) is 10.7. The van der Waals surface area contributed by atoms with Gasteiger partial charge in [0.15, 0.2) is 0 Å². The molecule has 2 heterocycles. The zero-order valence-corrected chi connectivity index (χ0v) is 10.7. The Morgan fingerprint density at radius 3 is 3.00 bits per heavy atom. The lowest BCUT2D eigenvalue weighted by atomic mass is 10.1. The molecule has 1 aliphatic heterocycles. The molecule has 2 fully saturated rings. The fraction of sp³-hybridized carbons (Fsp3) is 0.615. The SMILES string of the molecule is O=C(O)CC1CCN(c2cc(NC3CC3)ncn2)C1. The van der Waals surface area contributed by atoms with Crippen LogP contribution >= 0.6 is 0 Å². The molecule has 19 heavy (non-hydrogen) atoms. The van der Waals surface area contributed by atoms with Gasteiger partial charge in [-0.05, 0) is 25.2 Å². The van der Waals surface area contributed by atoms with Gasteiger partial charge < -0.3 is 15.3 Å². The topological polar surface area (TPSA) is 78.4 Å². The normalized spacial score (nSPS) is 22.5. The van der Waals surface area contributed by atoms with Gasteiger partial charge in [-0.2, -0.15) is 0 Å². The van der Waals surface area contributed by atoms with Crippen molar-refractivity contribution in [1.82, 2.24) is 9.97 Å². The summed E-state index contributed by atoms with van der Waals surface area (Å²) >= 11 is 0. The van der Waals surface area contributed by atoms with Gasteiger partial charge in [-0.25, -0.2) is 9.97 Å².